The molecule has 2 aromatic heterocycles. The third-order valence-corrected chi connectivity index (χ3v) is 4.14. The third kappa shape index (κ3) is 4.07. The molecular formula is C17H23N3O5. The molecule has 0 saturated heterocycles. The second-order valence-electron chi connectivity index (χ2n) is 6.25. The minimum Gasteiger partial charge on any atom is -0.463 e. The van der Waals surface area contributed by atoms with E-state index in [1.54, 1.807) is 6.92 Å². The van der Waals surface area contributed by atoms with Crippen LogP contribution in [0.4, 0.5) is 0 Å². The Hall–Kier alpha value is -2.64. The zero-order valence-electron chi connectivity index (χ0n) is 14.9. The Labute approximate surface area is 144 Å². The molecule has 0 aliphatic carbocycles. The summed E-state index contributed by atoms with van der Waals surface area (Å²) >= 11 is 0. The van der Waals surface area contributed by atoms with Crippen molar-refractivity contribution in [3.05, 3.63) is 42.8 Å². The predicted molar refractivity (Wildman–Crippen MR) is 93.9 cm³/mol. The van der Waals surface area contributed by atoms with Crippen molar-refractivity contribution in [2.45, 2.75) is 52.7 Å². The number of esters is 1. The Kier molecular flexibility index (Phi) is 5.61. The van der Waals surface area contributed by atoms with E-state index in [2.05, 4.69) is 4.98 Å². The topological polar surface area (TPSA) is 103 Å². The molecule has 0 aliphatic rings. The number of carbonyl (C=O) groups is 1. The van der Waals surface area contributed by atoms with Crippen LogP contribution in [0.25, 0.3) is 11.0 Å². The van der Waals surface area contributed by atoms with E-state index in [4.69, 9.17) is 4.74 Å². The number of aromatic nitrogens is 3. The Morgan fingerprint density at radius 1 is 1.28 bits per heavy atom. The lowest BCUT2D eigenvalue weighted by Gasteiger charge is -2.13. The second-order valence-corrected chi connectivity index (χ2v) is 6.25. The highest BCUT2D eigenvalue weighted by Crippen LogP contribution is 2.08. The highest BCUT2D eigenvalue weighted by molar-refractivity contribution is 5.77. The van der Waals surface area contributed by atoms with Crippen LogP contribution in [0.5, 0.6) is 0 Å². The van der Waals surface area contributed by atoms with Gasteiger partial charge in [0.2, 0.25) is 5.56 Å². The van der Waals surface area contributed by atoms with E-state index in [1.807, 2.05) is 6.92 Å². The number of unbranched alkanes of at least 4 members (excludes halogenated alkanes) is 1. The Morgan fingerprint density at radius 3 is 2.60 bits per heavy atom. The van der Waals surface area contributed by atoms with Gasteiger partial charge in [-0.1, -0.05) is 0 Å². The molecule has 8 heteroatoms. The first-order chi connectivity index (χ1) is 11.7. The standard InChI is InChI=1S/C17H23N3O5/c1-10-9-13(22)18-15-14(10)16(23)20(17(24)19(15)4)8-6-5-7-11(2)25-12(3)21/h9,11H,5-8H2,1-4H3,(H,18,22). The quantitative estimate of drug-likeness (QED) is 0.614. The molecule has 0 amide bonds. The molecule has 0 aromatic carbocycles. The zero-order valence-corrected chi connectivity index (χ0v) is 14.9. The number of aromatic amines is 1. The van der Waals surface area contributed by atoms with Gasteiger partial charge >= 0.3 is 11.7 Å². The summed E-state index contributed by atoms with van der Waals surface area (Å²) in [6.07, 6.45) is 1.79. The average Bonchev–Trinajstić information content (AvgIpc) is 2.50. The van der Waals surface area contributed by atoms with Gasteiger partial charge in [0.05, 0.1) is 11.5 Å². The number of hydrogen-bond donors (Lipinski definition) is 1. The molecule has 0 fully saturated rings. The molecule has 1 unspecified atom stereocenters. The van der Waals surface area contributed by atoms with Crippen molar-refractivity contribution in [2.24, 2.45) is 7.05 Å². The van der Waals surface area contributed by atoms with Crippen LogP contribution >= 0.6 is 0 Å². The maximum absolute atomic E-state index is 12.7. The number of pyridine rings is 1. The van der Waals surface area contributed by atoms with Crippen LogP contribution in [-0.4, -0.2) is 26.2 Å². The molecule has 2 heterocycles. The fourth-order valence-corrected chi connectivity index (χ4v) is 2.93. The molecule has 0 radical (unpaired) electrons. The van der Waals surface area contributed by atoms with E-state index in [0.29, 0.717) is 30.2 Å². The summed E-state index contributed by atoms with van der Waals surface area (Å²) in [6.45, 7) is 5.12. The van der Waals surface area contributed by atoms with Gasteiger partial charge in [-0.2, -0.15) is 0 Å². The highest BCUT2D eigenvalue weighted by Gasteiger charge is 2.14. The third-order valence-electron chi connectivity index (χ3n) is 4.14. The molecule has 25 heavy (non-hydrogen) atoms. The van der Waals surface area contributed by atoms with Gasteiger partial charge in [0.1, 0.15) is 5.65 Å². The number of rotatable bonds is 6. The molecule has 0 bridgehead atoms. The highest BCUT2D eigenvalue weighted by atomic mass is 16.5. The van der Waals surface area contributed by atoms with E-state index in [1.165, 1.54) is 29.2 Å². The minimum atomic E-state index is -0.466. The Bertz CT molecular complexity index is 967. The predicted octanol–water partition coefficient (Wildman–Crippen LogP) is 0.819. The molecule has 0 saturated carbocycles. The number of nitrogens with zero attached hydrogens (tertiary/aromatic N) is 2. The van der Waals surface area contributed by atoms with Crippen LogP contribution in [0.15, 0.2) is 20.4 Å². The molecule has 1 N–H and O–H groups in total. The van der Waals surface area contributed by atoms with Gasteiger partial charge in [-0.25, -0.2) is 4.79 Å². The van der Waals surface area contributed by atoms with Crippen LogP contribution in [-0.2, 0) is 23.1 Å². The fraction of sp³-hybridized carbons (Fsp3) is 0.529. The van der Waals surface area contributed by atoms with Crippen LogP contribution in [0, 0.1) is 6.92 Å². The minimum absolute atomic E-state index is 0.194. The van der Waals surface area contributed by atoms with Gasteiger partial charge in [-0.3, -0.25) is 23.5 Å². The number of hydrogen-bond acceptors (Lipinski definition) is 5. The van der Waals surface area contributed by atoms with Gasteiger partial charge < -0.3 is 9.72 Å². The van der Waals surface area contributed by atoms with Crippen molar-refractivity contribution in [1.29, 1.82) is 0 Å². The van der Waals surface area contributed by atoms with E-state index in [0.717, 1.165) is 0 Å². The number of carbonyl (C=O) groups excluding carboxylic acids is 1. The van der Waals surface area contributed by atoms with Crippen molar-refractivity contribution in [1.82, 2.24) is 14.1 Å². The van der Waals surface area contributed by atoms with Crippen LogP contribution in [0.2, 0.25) is 0 Å². The number of ether oxygens (including phenoxy) is 1. The lowest BCUT2D eigenvalue weighted by molar-refractivity contribution is -0.145. The molecule has 2 aromatic rings. The van der Waals surface area contributed by atoms with Crippen LogP contribution in [0.3, 0.4) is 0 Å². The lowest BCUT2D eigenvalue weighted by Crippen LogP contribution is -2.40. The van der Waals surface area contributed by atoms with Crippen molar-refractivity contribution in [3.8, 4) is 0 Å². The fourth-order valence-electron chi connectivity index (χ4n) is 2.93. The van der Waals surface area contributed by atoms with E-state index in [9.17, 15) is 19.2 Å². The molecule has 0 spiro atoms. The first kappa shape index (κ1) is 18.7. The molecule has 2 rings (SSSR count). The van der Waals surface area contributed by atoms with E-state index < -0.39 is 11.2 Å². The summed E-state index contributed by atoms with van der Waals surface area (Å²) in [5.41, 5.74) is -0.445. The van der Waals surface area contributed by atoms with Crippen molar-refractivity contribution in [2.75, 3.05) is 0 Å². The van der Waals surface area contributed by atoms with Gasteiger partial charge in [0.25, 0.3) is 5.56 Å². The van der Waals surface area contributed by atoms with Gasteiger partial charge in [0, 0.05) is 26.6 Å². The molecule has 136 valence electrons. The molecule has 1 atom stereocenters. The molecule has 0 aliphatic heterocycles. The maximum atomic E-state index is 12.7. The summed E-state index contributed by atoms with van der Waals surface area (Å²) in [5, 5.41) is 0.343. The molecular weight excluding hydrogens is 326 g/mol. The largest absolute Gasteiger partial charge is 0.463 e. The molecule has 8 nitrogen and oxygen atoms in total. The normalized spacial score (nSPS) is 12.3. The maximum Gasteiger partial charge on any atom is 0.332 e. The van der Waals surface area contributed by atoms with Gasteiger partial charge in [0.15, 0.2) is 0 Å². The summed E-state index contributed by atoms with van der Waals surface area (Å²) in [5.74, 6) is -0.323. The second kappa shape index (κ2) is 7.50. The Morgan fingerprint density at radius 2 is 1.96 bits per heavy atom. The van der Waals surface area contributed by atoms with E-state index in [-0.39, 0.29) is 29.8 Å². The van der Waals surface area contributed by atoms with Crippen molar-refractivity contribution in [3.63, 3.8) is 0 Å². The van der Waals surface area contributed by atoms with Gasteiger partial charge in [-0.15, -0.1) is 0 Å². The van der Waals surface area contributed by atoms with Crippen molar-refractivity contribution >= 4 is 17.0 Å². The van der Waals surface area contributed by atoms with Crippen LogP contribution < -0.4 is 16.8 Å². The van der Waals surface area contributed by atoms with Crippen LogP contribution in [0.1, 0.15) is 38.7 Å². The SMILES string of the molecule is CC(=O)OC(C)CCCCn1c(=O)c2c(C)cc(=O)[nH]c2n(C)c1=O. The number of H-pyrrole nitrogens is 1. The summed E-state index contributed by atoms with van der Waals surface area (Å²) < 4.78 is 7.52. The number of aryl methyl sites for hydroxylation is 2. The first-order valence-electron chi connectivity index (χ1n) is 8.23. The summed E-state index contributed by atoms with van der Waals surface area (Å²) in [4.78, 5) is 50.1. The van der Waals surface area contributed by atoms with Gasteiger partial charge in [-0.05, 0) is 38.7 Å². The monoisotopic (exact) mass is 349 g/mol. The lowest BCUT2D eigenvalue weighted by atomic mass is 10.1. The van der Waals surface area contributed by atoms with E-state index >= 15 is 0 Å². The number of fused-ring (bicyclic) bond motifs is 1. The first-order valence-corrected chi connectivity index (χ1v) is 8.23. The summed E-state index contributed by atoms with van der Waals surface area (Å²) in [7, 11) is 1.53. The number of nitrogens with one attached hydrogen (secondary N) is 1. The smallest absolute Gasteiger partial charge is 0.332 e. The summed E-state index contributed by atoms with van der Waals surface area (Å²) in [6, 6.07) is 1.35. The zero-order chi connectivity index (χ0) is 18.7. The Balaban J connectivity index is 2.25. The van der Waals surface area contributed by atoms with Crippen molar-refractivity contribution < 1.29 is 9.53 Å². The average molecular weight is 349 g/mol.